The molecule has 28 heavy (non-hydrogen) atoms. The lowest BCUT2D eigenvalue weighted by atomic mass is 10.1. The second-order valence-corrected chi connectivity index (χ2v) is 7.26. The molecule has 7 nitrogen and oxygen atoms in total. The van der Waals surface area contributed by atoms with E-state index in [-0.39, 0.29) is 5.91 Å². The van der Waals surface area contributed by atoms with Crippen molar-refractivity contribution >= 4 is 23.3 Å². The van der Waals surface area contributed by atoms with E-state index in [9.17, 15) is 4.79 Å². The van der Waals surface area contributed by atoms with Crippen LogP contribution >= 0.6 is 11.6 Å². The molecule has 8 heteroatoms. The lowest BCUT2D eigenvalue weighted by molar-refractivity contribution is -0.130. The summed E-state index contributed by atoms with van der Waals surface area (Å²) in [5.74, 6) is 1.62. The third kappa shape index (κ3) is 4.14. The SMILES string of the molecule is Cc1ccn(-c2ccc(N3CCN(C(=O)Cc4cccc(Cl)c4)CC3)nn2)n1. The van der Waals surface area contributed by atoms with Crippen LogP contribution in [0, 0.1) is 6.92 Å². The molecule has 0 radical (unpaired) electrons. The van der Waals surface area contributed by atoms with Crippen LogP contribution in [0.4, 0.5) is 5.82 Å². The second kappa shape index (κ2) is 7.98. The first-order valence-electron chi connectivity index (χ1n) is 9.22. The highest BCUT2D eigenvalue weighted by atomic mass is 35.5. The summed E-state index contributed by atoms with van der Waals surface area (Å²) in [4.78, 5) is 16.6. The number of nitrogens with zero attached hydrogens (tertiary/aromatic N) is 6. The van der Waals surface area contributed by atoms with Gasteiger partial charge in [0.1, 0.15) is 0 Å². The molecule has 1 aliphatic heterocycles. The van der Waals surface area contributed by atoms with Crippen molar-refractivity contribution in [3.8, 4) is 5.82 Å². The Morgan fingerprint density at radius 2 is 1.79 bits per heavy atom. The number of carbonyl (C=O) groups excluding carboxylic acids is 1. The molecule has 2 aromatic heterocycles. The monoisotopic (exact) mass is 396 g/mol. The lowest BCUT2D eigenvalue weighted by Gasteiger charge is -2.35. The van der Waals surface area contributed by atoms with E-state index < -0.39 is 0 Å². The number of rotatable bonds is 4. The molecule has 0 atom stereocenters. The molecule has 0 aliphatic carbocycles. The Morgan fingerprint density at radius 3 is 2.43 bits per heavy atom. The summed E-state index contributed by atoms with van der Waals surface area (Å²) in [7, 11) is 0. The Balaban J connectivity index is 1.34. The maximum Gasteiger partial charge on any atom is 0.227 e. The van der Waals surface area contributed by atoms with Crippen LogP contribution in [-0.4, -0.2) is 57.0 Å². The van der Waals surface area contributed by atoms with Crippen molar-refractivity contribution in [1.82, 2.24) is 24.9 Å². The fraction of sp³-hybridized carbons (Fsp3) is 0.300. The van der Waals surface area contributed by atoms with E-state index in [1.54, 1.807) is 4.68 Å². The van der Waals surface area contributed by atoms with Gasteiger partial charge < -0.3 is 9.80 Å². The number of hydrogen-bond donors (Lipinski definition) is 0. The van der Waals surface area contributed by atoms with Crippen molar-refractivity contribution in [2.75, 3.05) is 31.1 Å². The number of aryl methyl sites for hydroxylation is 1. The zero-order valence-corrected chi connectivity index (χ0v) is 16.4. The molecule has 1 saturated heterocycles. The van der Waals surface area contributed by atoms with Crippen molar-refractivity contribution in [2.45, 2.75) is 13.3 Å². The number of benzene rings is 1. The van der Waals surface area contributed by atoms with Gasteiger partial charge in [0, 0.05) is 37.4 Å². The van der Waals surface area contributed by atoms with Crippen molar-refractivity contribution in [3.05, 3.63) is 64.9 Å². The summed E-state index contributed by atoms with van der Waals surface area (Å²) in [6, 6.07) is 13.2. The smallest absolute Gasteiger partial charge is 0.227 e. The van der Waals surface area contributed by atoms with Crippen LogP contribution in [0.15, 0.2) is 48.7 Å². The summed E-state index contributed by atoms with van der Waals surface area (Å²) in [5.41, 5.74) is 1.87. The van der Waals surface area contributed by atoms with Gasteiger partial charge in [0.15, 0.2) is 11.6 Å². The highest BCUT2D eigenvalue weighted by molar-refractivity contribution is 6.30. The molecule has 1 aliphatic rings. The quantitative estimate of drug-likeness (QED) is 0.677. The molecule has 1 aromatic carbocycles. The van der Waals surface area contributed by atoms with E-state index in [2.05, 4.69) is 20.2 Å². The van der Waals surface area contributed by atoms with Gasteiger partial charge in [-0.3, -0.25) is 4.79 Å². The number of amides is 1. The molecular weight excluding hydrogens is 376 g/mol. The number of anilines is 1. The van der Waals surface area contributed by atoms with Gasteiger partial charge in [0.2, 0.25) is 5.91 Å². The molecule has 0 saturated carbocycles. The average molecular weight is 397 g/mol. The van der Waals surface area contributed by atoms with Crippen LogP contribution in [0.1, 0.15) is 11.3 Å². The maximum absolute atomic E-state index is 12.6. The molecule has 1 amide bonds. The summed E-state index contributed by atoms with van der Waals surface area (Å²) >= 11 is 6.00. The van der Waals surface area contributed by atoms with E-state index in [1.165, 1.54) is 0 Å². The number of hydrogen-bond acceptors (Lipinski definition) is 5. The minimum Gasteiger partial charge on any atom is -0.352 e. The second-order valence-electron chi connectivity index (χ2n) is 6.83. The van der Waals surface area contributed by atoms with E-state index in [1.807, 2.05) is 60.5 Å². The zero-order valence-electron chi connectivity index (χ0n) is 15.6. The van der Waals surface area contributed by atoms with Gasteiger partial charge >= 0.3 is 0 Å². The van der Waals surface area contributed by atoms with E-state index >= 15 is 0 Å². The number of carbonyl (C=O) groups is 1. The molecule has 144 valence electrons. The Kier molecular flexibility index (Phi) is 5.25. The van der Waals surface area contributed by atoms with Crippen LogP contribution in [-0.2, 0) is 11.2 Å². The molecule has 0 N–H and O–H groups in total. The van der Waals surface area contributed by atoms with Crippen molar-refractivity contribution in [3.63, 3.8) is 0 Å². The van der Waals surface area contributed by atoms with Gasteiger partial charge in [0.25, 0.3) is 0 Å². The molecule has 4 rings (SSSR count). The third-order valence-electron chi connectivity index (χ3n) is 4.79. The first-order chi connectivity index (χ1) is 13.6. The van der Waals surface area contributed by atoms with Gasteiger partial charge in [-0.2, -0.15) is 5.10 Å². The van der Waals surface area contributed by atoms with Crippen LogP contribution < -0.4 is 4.90 Å². The Morgan fingerprint density at radius 1 is 1.04 bits per heavy atom. The Bertz CT molecular complexity index is 963. The summed E-state index contributed by atoms with van der Waals surface area (Å²) in [6.07, 6.45) is 2.24. The van der Waals surface area contributed by atoms with Gasteiger partial charge in [-0.1, -0.05) is 23.7 Å². The standard InChI is InChI=1S/C20H21ClN6O/c1-15-7-8-27(24-15)19-6-5-18(22-23-19)25-9-11-26(12-10-25)20(28)14-16-3-2-4-17(21)13-16/h2-8,13H,9-12,14H2,1H3. The van der Waals surface area contributed by atoms with Crippen LogP contribution in [0.2, 0.25) is 5.02 Å². The first-order valence-corrected chi connectivity index (χ1v) is 9.60. The van der Waals surface area contributed by atoms with Crippen molar-refractivity contribution < 1.29 is 4.79 Å². The van der Waals surface area contributed by atoms with Crippen molar-refractivity contribution in [2.24, 2.45) is 0 Å². The van der Waals surface area contributed by atoms with E-state index in [0.29, 0.717) is 30.4 Å². The molecule has 3 heterocycles. The van der Waals surface area contributed by atoms with Crippen LogP contribution in [0.3, 0.4) is 0 Å². The summed E-state index contributed by atoms with van der Waals surface area (Å²) in [6.45, 7) is 4.74. The summed E-state index contributed by atoms with van der Waals surface area (Å²) in [5, 5.41) is 13.6. The van der Waals surface area contributed by atoms with Crippen molar-refractivity contribution in [1.29, 1.82) is 0 Å². The normalized spacial score (nSPS) is 14.4. The molecule has 0 unspecified atom stereocenters. The van der Waals surface area contributed by atoms with E-state index in [4.69, 9.17) is 11.6 Å². The Hall–Kier alpha value is -2.93. The third-order valence-corrected chi connectivity index (χ3v) is 5.03. The first kappa shape index (κ1) is 18.4. The molecule has 3 aromatic rings. The summed E-state index contributed by atoms with van der Waals surface area (Å²) < 4.78 is 1.71. The van der Waals surface area contributed by atoms with Crippen LogP contribution in [0.5, 0.6) is 0 Å². The van der Waals surface area contributed by atoms with Crippen LogP contribution in [0.25, 0.3) is 5.82 Å². The zero-order chi connectivity index (χ0) is 19.5. The number of aromatic nitrogens is 4. The number of halogens is 1. The average Bonchev–Trinajstić information content (AvgIpc) is 3.15. The lowest BCUT2D eigenvalue weighted by Crippen LogP contribution is -2.49. The van der Waals surface area contributed by atoms with Gasteiger partial charge in [-0.25, -0.2) is 4.68 Å². The molecule has 0 bridgehead atoms. The van der Waals surface area contributed by atoms with Gasteiger partial charge in [-0.15, -0.1) is 10.2 Å². The number of piperazine rings is 1. The fourth-order valence-electron chi connectivity index (χ4n) is 3.27. The Labute approximate surface area is 168 Å². The predicted molar refractivity (Wildman–Crippen MR) is 108 cm³/mol. The molecular formula is C20H21ClN6O. The maximum atomic E-state index is 12.6. The molecule has 1 fully saturated rings. The molecule has 0 spiro atoms. The highest BCUT2D eigenvalue weighted by Crippen LogP contribution is 2.16. The highest BCUT2D eigenvalue weighted by Gasteiger charge is 2.22. The topological polar surface area (TPSA) is 67.2 Å². The van der Waals surface area contributed by atoms with Gasteiger partial charge in [0.05, 0.1) is 12.1 Å². The predicted octanol–water partition coefficient (Wildman–Crippen LogP) is 2.52. The van der Waals surface area contributed by atoms with E-state index in [0.717, 1.165) is 30.2 Å². The fourth-order valence-corrected chi connectivity index (χ4v) is 3.48. The van der Waals surface area contributed by atoms with Gasteiger partial charge in [-0.05, 0) is 42.8 Å². The largest absolute Gasteiger partial charge is 0.352 e. The minimum atomic E-state index is 0.123. The minimum absolute atomic E-state index is 0.123.